The van der Waals surface area contributed by atoms with Gasteiger partial charge in [-0.3, -0.25) is 0 Å². The summed E-state index contributed by atoms with van der Waals surface area (Å²) in [6.07, 6.45) is -2.64. The summed E-state index contributed by atoms with van der Waals surface area (Å²) >= 11 is 6.10. The predicted molar refractivity (Wildman–Crippen MR) is 49.0 cm³/mol. The zero-order valence-corrected chi connectivity index (χ0v) is 8.86. The lowest BCUT2D eigenvalue weighted by Crippen LogP contribution is -1.99. The highest BCUT2D eigenvalue weighted by molar-refractivity contribution is 9.13. The standard InChI is InChI=1S/C6H4Br2F2N2/c7-2-1-3(11)4(6(9)10)12-5(2)8/h1,6H,11H2. The third-order valence-electron chi connectivity index (χ3n) is 1.20. The van der Waals surface area contributed by atoms with E-state index in [1.807, 2.05) is 0 Å². The van der Waals surface area contributed by atoms with E-state index in [4.69, 9.17) is 5.73 Å². The van der Waals surface area contributed by atoms with Gasteiger partial charge in [-0.2, -0.15) is 0 Å². The maximum Gasteiger partial charge on any atom is 0.282 e. The quantitative estimate of drug-likeness (QED) is 0.810. The van der Waals surface area contributed by atoms with Crippen molar-refractivity contribution in [3.05, 3.63) is 20.8 Å². The first-order chi connectivity index (χ1) is 5.52. The van der Waals surface area contributed by atoms with E-state index < -0.39 is 12.1 Å². The van der Waals surface area contributed by atoms with Crippen LogP contribution >= 0.6 is 31.9 Å². The van der Waals surface area contributed by atoms with Gasteiger partial charge in [-0.15, -0.1) is 0 Å². The summed E-state index contributed by atoms with van der Waals surface area (Å²) in [7, 11) is 0. The minimum Gasteiger partial charge on any atom is -0.397 e. The molecule has 66 valence electrons. The number of aromatic nitrogens is 1. The number of pyridine rings is 1. The van der Waals surface area contributed by atoms with Gasteiger partial charge in [0.2, 0.25) is 0 Å². The second-order valence-electron chi connectivity index (χ2n) is 2.04. The molecular formula is C6H4Br2F2N2. The van der Waals surface area contributed by atoms with Crippen molar-refractivity contribution in [2.75, 3.05) is 5.73 Å². The smallest absolute Gasteiger partial charge is 0.282 e. The Morgan fingerprint density at radius 3 is 2.50 bits per heavy atom. The highest BCUT2D eigenvalue weighted by Gasteiger charge is 2.14. The number of rotatable bonds is 1. The molecule has 2 nitrogen and oxygen atoms in total. The fraction of sp³-hybridized carbons (Fsp3) is 0.167. The van der Waals surface area contributed by atoms with Crippen LogP contribution in [0.3, 0.4) is 0 Å². The molecule has 0 atom stereocenters. The van der Waals surface area contributed by atoms with Crippen molar-refractivity contribution in [1.82, 2.24) is 4.98 Å². The third-order valence-corrected chi connectivity index (χ3v) is 2.94. The maximum absolute atomic E-state index is 12.2. The first-order valence-electron chi connectivity index (χ1n) is 2.92. The van der Waals surface area contributed by atoms with Crippen LogP contribution in [-0.4, -0.2) is 4.98 Å². The van der Waals surface area contributed by atoms with Crippen LogP contribution in [0.4, 0.5) is 14.5 Å². The predicted octanol–water partition coefficient (Wildman–Crippen LogP) is 3.13. The molecule has 0 bridgehead atoms. The third kappa shape index (κ3) is 1.92. The van der Waals surface area contributed by atoms with Crippen LogP contribution in [0.1, 0.15) is 12.1 Å². The number of halogens is 4. The number of nitrogen functional groups attached to an aromatic ring is 1. The Hall–Kier alpha value is -0.230. The van der Waals surface area contributed by atoms with Gasteiger partial charge in [-0.1, -0.05) is 0 Å². The lowest BCUT2D eigenvalue weighted by Gasteiger charge is -2.04. The summed E-state index contributed by atoms with van der Waals surface area (Å²) in [6.45, 7) is 0. The monoisotopic (exact) mass is 300 g/mol. The number of hydrogen-bond donors (Lipinski definition) is 1. The fourth-order valence-corrected chi connectivity index (χ4v) is 1.31. The number of alkyl halides is 2. The first-order valence-corrected chi connectivity index (χ1v) is 4.50. The molecule has 0 spiro atoms. The Morgan fingerprint density at radius 1 is 1.42 bits per heavy atom. The van der Waals surface area contributed by atoms with E-state index in [1.165, 1.54) is 6.07 Å². The Balaban J connectivity index is 3.23. The van der Waals surface area contributed by atoms with Crippen molar-refractivity contribution in [2.24, 2.45) is 0 Å². The molecule has 0 aromatic carbocycles. The van der Waals surface area contributed by atoms with Crippen molar-refractivity contribution in [3.63, 3.8) is 0 Å². The molecule has 0 fully saturated rings. The number of anilines is 1. The van der Waals surface area contributed by atoms with E-state index in [0.29, 0.717) is 9.08 Å². The fourth-order valence-electron chi connectivity index (χ4n) is 0.669. The molecule has 0 saturated carbocycles. The van der Waals surface area contributed by atoms with E-state index in [0.717, 1.165) is 0 Å². The first kappa shape index (κ1) is 9.85. The molecule has 2 N–H and O–H groups in total. The van der Waals surface area contributed by atoms with Crippen molar-refractivity contribution < 1.29 is 8.78 Å². The number of hydrogen-bond acceptors (Lipinski definition) is 2. The maximum atomic E-state index is 12.2. The number of nitrogens with zero attached hydrogens (tertiary/aromatic N) is 1. The molecule has 0 aliphatic rings. The van der Waals surface area contributed by atoms with Crippen LogP contribution in [0.5, 0.6) is 0 Å². The van der Waals surface area contributed by atoms with Gasteiger partial charge in [0, 0.05) is 0 Å². The average molecular weight is 302 g/mol. The summed E-state index contributed by atoms with van der Waals surface area (Å²) in [4.78, 5) is 3.57. The van der Waals surface area contributed by atoms with Gasteiger partial charge in [0.05, 0.1) is 10.2 Å². The van der Waals surface area contributed by atoms with Crippen LogP contribution in [0.2, 0.25) is 0 Å². The molecule has 0 aliphatic carbocycles. The Morgan fingerprint density at radius 2 is 2.00 bits per heavy atom. The average Bonchev–Trinajstić information content (AvgIpc) is 1.96. The molecule has 1 heterocycles. The molecule has 0 radical (unpaired) electrons. The highest BCUT2D eigenvalue weighted by atomic mass is 79.9. The van der Waals surface area contributed by atoms with E-state index in [9.17, 15) is 8.78 Å². The lowest BCUT2D eigenvalue weighted by atomic mass is 10.3. The second-order valence-corrected chi connectivity index (χ2v) is 3.64. The molecule has 1 aromatic heterocycles. The lowest BCUT2D eigenvalue weighted by molar-refractivity contribution is 0.147. The van der Waals surface area contributed by atoms with E-state index in [1.54, 1.807) is 0 Å². The van der Waals surface area contributed by atoms with Gasteiger partial charge < -0.3 is 5.73 Å². The molecular weight excluding hydrogens is 298 g/mol. The Bertz CT molecular complexity index is 304. The summed E-state index contributed by atoms with van der Waals surface area (Å²) in [5, 5.41) is 0. The van der Waals surface area contributed by atoms with Crippen molar-refractivity contribution >= 4 is 37.5 Å². The molecule has 0 aliphatic heterocycles. The summed E-state index contributed by atoms with van der Waals surface area (Å²) < 4.78 is 25.2. The zero-order chi connectivity index (χ0) is 9.30. The molecule has 0 saturated heterocycles. The second kappa shape index (κ2) is 3.66. The van der Waals surface area contributed by atoms with E-state index in [-0.39, 0.29) is 5.69 Å². The van der Waals surface area contributed by atoms with Gasteiger partial charge in [0.1, 0.15) is 10.3 Å². The molecule has 12 heavy (non-hydrogen) atoms. The molecule has 1 aromatic rings. The van der Waals surface area contributed by atoms with E-state index in [2.05, 4.69) is 36.8 Å². The summed E-state index contributed by atoms with van der Waals surface area (Å²) in [6, 6.07) is 1.39. The van der Waals surface area contributed by atoms with Crippen LogP contribution in [0.25, 0.3) is 0 Å². The van der Waals surface area contributed by atoms with Crippen LogP contribution in [0, 0.1) is 0 Å². The zero-order valence-electron chi connectivity index (χ0n) is 5.69. The van der Waals surface area contributed by atoms with Crippen molar-refractivity contribution in [2.45, 2.75) is 6.43 Å². The molecule has 1 rings (SSSR count). The highest BCUT2D eigenvalue weighted by Crippen LogP contribution is 2.29. The van der Waals surface area contributed by atoms with Gasteiger partial charge in [0.15, 0.2) is 0 Å². The molecule has 6 heteroatoms. The van der Waals surface area contributed by atoms with Crippen LogP contribution < -0.4 is 5.73 Å². The minimum atomic E-state index is -2.64. The SMILES string of the molecule is Nc1cc(Br)c(Br)nc1C(F)F. The number of nitrogens with two attached hydrogens (primary N) is 1. The summed E-state index contributed by atoms with van der Waals surface area (Å²) in [5.41, 5.74) is 4.89. The summed E-state index contributed by atoms with van der Waals surface area (Å²) in [5.74, 6) is 0. The topological polar surface area (TPSA) is 38.9 Å². The Kier molecular flexibility index (Phi) is 3.00. The van der Waals surface area contributed by atoms with E-state index >= 15 is 0 Å². The van der Waals surface area contributed by atoms with Gasteiger partial charge in [-0.05, 0) is 37.9 Å². The Labute approximate surface area is 84.4 Å². The van der Waals surface area contributed by atoms with Gasteiger partial charge in [-0.25, -0.2) is 13.8 Å². The van der Waals surface area contributed by atoms with Crippen molar-refractivity contribution in [1.29, 1.82) is 0 Å². The largest absolute Gasteiger partial charge is 0.397 e. The molecule has 0 unspecified atom stereocenters. The van der Waals surface area contributed by atoms with Crippen molar-refractivity contribution in [3.8, 4) is 0 Å². The molecule has 0 amide bonds. The minimum absolute atomic E-state index is 0.0138. The normalized spacial score (nSPS) is 10.8. The van der Waals surface area contributed by atoms with Gasteiger partial charge >= 0.3 is 0 Å². The van der Waals surface area contributed by atoms with Crippen LogP contribution in [-0.2, 0) is 0 Å². The van der Waals surface area contributed by atoms with Crippen LogP contribution in [0.15, 0.2) is 15.1 Å². The van der Waals surface area contributed by atoms with Gasteiger partial charge in [0.25, 0.3) is 6.43 Å².